The Morgan fingerprint density at radius 3 is 2.67 bits per heavy atom. The maximum absolute atomic E-state index is 11.6. The van der Waals surface area contributed by atoms with Crippen LogP contribution in [0.2, 0.25) is 0 Å². The van der Waals surface area contributed by atoms with E-state index in [1.807, 2.05) is 0 Å². The van der Waals surface area contributed by atoms with Gasteiger partial charge in [0.05, 0.1) is 7.05 Å². The molecular weight excluding hydrogens is 156 g/mol. The molecule has 1 unspecified atom stereocenters. The minimum Gasteiger partial charge on any atom is -0.619 e. The molecule has 0 aromatic rings. The van der Waals surface area contributed by atoms with E-state index in [1.165, 1.54) is 11.9 Å². The summed E-state index contributed by atoms with van der Waals surface area (Å²) in [5.41, 5.74) is 1.02. The van der Waals surface area contributed by atoms with E-state index in [0.29, 0.717) is 11.4 Å². The van der Waals surface area contributed by atoms with E-state index in [4.69, 9.17) is 0 Å². The lowest BCUT2D eigenvalue weighted by molar-refractivity contribution is -0.740. The molecule has 2 amide bonds. The smallest absolute Gasteiger partial charge is 0.427 e. The maximum atomic E-state index is 11.6. The van der Waals surface area contributed by atoms with Crippen LogP contribution in [0.4, 0.5) is 4.79 Å². The van der Waals surface area contributed by atoms with Gasteiger partial charge in [0.2, 0.25) is 0 Å². The van der Waals surface area contributed by atoms with Crippen molar-refractivity contribution in [3.63, 3.8) is 0 Å². The van der Waals surface area contributed by atoms with Crippen molar-refractivity contribution in [2.45, 2.75) is 6.92 Å². The first-order chi connectivity index (χ1) is 5.37. The minimum absolute atomic E-state index is 0.461. The summed E-state index contributed by atoms with van der Waals surface area (Å²) in [4.78, 5) is 12.6. The number of quaternary nitrogens is 1. The molecular formula is C8H12N2O2. The van der Waals surface area contributed by atoms with Gasteiger partial charge in [0.1, 0.15) is 5.70 Å². The van der Waals surface area contributed by atoms with Crippen molar-refractivity contribution >= 4 is 6.03 Å². The number of rotatable bonds is 0. The summed E-state index contributed by atoms with van der Waals surface area (Å²) in [6, 6.07) is -0.500. The molecule has 1 heterocycles. The quantitative estimate of drug-likeness (QED) is 0.405. The average molecular weight is 168 g/mol. The lowest BCUT2D eigenvalue weighted by atomic mass is 10.2. The van der Waals surface area contributed by atoms with E-state index >= 15 is 0 Å². The van der Waals surface area contributed by atoms with Crippen LogP contribution < -0.4 is 0 Å². The van der Waals surface area contributed by atoms with Crippen molar-refractivity contribution in [1.82, 2.24) is 4.90 Å². The Labute approximate surface area is 71.5 Å². The summed E-state index contributed by atoms with van der Waals surface area (Å²) >= 11 is 0. The number of hydrogen-bond acceptors (Lipinski definition) is 2. The van der Waals surface area contributed by atoms with E-state index in [9.17, 15) is 10.0 Å². The summed E-state index contributed by atoms with van der Waals surface area (Å²) < 4.78 is -0.963. The number of carbonyl (C=O) groups is 1. The zero-order chi connectivity index (χ0) is 9.52. The monoisotopic (exact) mass is 168 g/mol. The Morgan fingerprint density at radius 1 is 1.67 bits per heavy atom. The Kier molecular flexibility index (Phi) is 1.82. The molecule has 0 spiro atoms. The molecule has 1 aliphatic heterocycles. The molecule has 4 nitrogen and oxygen atoms in total. The highest BCUT2D eigenvalue weighted by Gasteiger charge is 2.33. The van der Waals surface area contributed by atoms with Crippen LogP contribution >= 0.6 is 0 Å². The highest BCUT2D eigenvalue weighted by atomic mass is 16.6. The Morgan fingerprint density at radius 2 is 2.17 bits per heavy atom. The maximum Gasteiger partial charge on any atom is 0.427 e. The molecule has 66 valence electrons. The first-order valence-corrected chi connectivity index (χ1v) is 3.61. The van der Waals surface area contributed by atoms with E-state index in [1.54, 1.807) is 20.0 Å². The second kappa shape index (κ2) is 2.43. The second-order valence-electron chi connectivity index (χ2n) is 3.04. The van der Waals surface area contributed by atoms with Crippen LogP contribution in [-0.4, -0.2) is 29.7 Å². The molecule has 1 aliphatic rings. The van der Waals surface area contributed by atoms with E-state index in [2.05, 4.69) is 6.58 Å². The molecule has 1 rings (SSSR count). The van der Waals surface area contributed by atoms with Crippen LogP contribution in [0.25, 0.3) is 0 Å². The number of nitrogens with zero attached hydrogens (tertiary/aromatic N) is 2. The van der Waals surface area contributed by atoms with Crippen molar-refractivity contribution in [2.75, 3.05) is 14.1 Å². The third-order valence-electron chi connectivity index (χ3n) is 2.13. The predicted octanol–water partition coefficient (Wildman–Crippen LogP) is 1.41. The van der Waals surface area contributed by atoms with Gasteiger partial charge in [-0.05, 0) is 0 Å². The minimum atomic E-state index is -0.963. The largest absolute Gasteiger partial charge is 0.619 e. The SMILES string of the molecule is C=C1C=C(C)[N+](C)([O-])C(=O)N1C. The van der Waals surface area contributed by atoms with Crippen LogP contribution in [0.15, 0.2) is 24.0 Å². The van der Waals surface area contributed by atoms with Crippen LogP contribution in [0.5, 0.6) is 0 Å². The van der Waals surface area contributed by atoms with Gasteiger partial charge in [-0.25, -0.2) is 4.79 Å². The third kappa shape index (κ3) is 1.05. The van der Waals surface area contributed by atoms with Crippen LogP contribution in [0, 0.1) is 5.21 Å². The lowest BCUT2D eigenvalue weighted by Gasteiger charge is -2.41. The van der Waals surface area contributed by atoms with Crippen LogP contribution in [0.1, 0.15) is 6.92 Å². The highest BCUT2D eigenvalue weighted by molar-refractivity contribution is 5.72. The standard InChI is InChI=1S/C8H12N2O2/c1-6-5-7(2)10(4,12)8(11)9(6)3/h5H,1H2,2-4H3. The molecule has 0 aliphatic carbocycles. The topological polar surface area (TPSA) is 43.4 Å². The van der Waals surface area contributed by atoms with E-state index < -0.39 is 10.7 Å². The number of allylic oxidation sites excluding steroid dienone is 2. The number of carbonyl (C=O) groups excluding carboxylic acids is 1. The van der Waals surface area contributed by atoms with Gasteiger partial charge in [-0.2, -0.15) is 0 Å². The summed E-state index contributed by atoms with van der Waals surface area (Å²) in [5.74, 6) is 0. The fraction of sp³-hybridized carbons (Fsp3) is 0.375. The predicted molar refractivity (Wildman–Crippen MR) is 45.6 cm³/mol. The van der Waals surface area contributed by atoms with Gasteiger partial charge in [-0.1, -0.05) is 6.58 Å². The van der Waals surface area contributed by atoms with Gasteiger partial charge < -0.3 is 5.21 Å². The van der Waals surface area contributed by atoms with E-state index in [-0.39, 0.29) is 0 Å². The fourth-order valence-corrected chi connectivity index (χ4v) is 1.02. The van der Waals surface area contributed by atoms with Crippen molar-refractivity contribution in [3.05, 3.63) is 29.3 Å². The number of amides is 2. The van der Waals surface area contributed by atoms with Gasteiger partial charge in [0.15, 0.2) is 0 Å². The summed E-state index contributed by atoms with van der Waals surface area (Å²) in [6.45, 7) is 5.27. The molecule has 1 atom stereocenters. The van der Waals surface area contributed by atoms with Crippen molar-refractivity contribution < 1.29 is 9.44 Å². The van der Waals surface area contributed by atoms with Crippen molar-refractivity contribution in [3.8, 4) is 0 Å². The number of urea groups is 1. The van der Waals surface area contributed by atoms with Gasteiger partial charge in [0.25, 0.3) is 0 Å². The Balaban J connectivity index is 3.18. The summed E-state index contributed by atoms with van der Waals surface area (Å²) in [7, 11) is 2.86. The van der Waals surface area contributed by atoms with Crippen LogP contribution in [-0.2, 0) is 0 Å². The zero-order valence-electron chi connectivity index (χ0n) is 7.50. The van der Waals surface area contributed by atoms with E-state index in [0.717, 1.165) is 0 Å². The first kappa shape index (κ1) is 8.96. The van der Waals surface area contributed by atoms with Crippen molar-refractivity contribution in [2.24, 2.45) is 0 Å². The lowest BCUT2D eigenvalue weighted by Crippen LogP contribution is -2.51. The van der Waals surface area contributed by atoms with Gasteiger partial charge in [-0.15, -0.1) is 0 Å². The molecule has 0 aromatic heterocycles. The third-order valence-corrected chi connectivity index (χ3v) is 2.13. The van der Waals surface area contributed by atoms with Gasteiger partial charge in [-0.3, -0.25) is 9.55 Å². The molecule has 0 fully saturated rings. The Hall–Kier alpha value is -1.13. The second-order valence-corrected chi connectivity index (χ2v) is 3.04. The normalized spacial score (nSPS) is 30.7. The molecule has 0 N–H and O–H groups in total. The number of hydroxylamine groups is 3. The number of likely N-dealkylation sites (N-methyl/N-ethyl adjacent to an activating group) is 1. The molecule has 4 heteroatoms. The Bertz CT molecular complexity index is 279. The average Bonchev–Trinajstić information content (AvgIpc) is 1.99. The fourth-order valence-electron chi connectivity index (χ4n) is 1.02. The first-order valence-electron chi connectivity index (χ1n) is 3.61. The number of hydrogen-bond donors (Lipinski definition) is 0. The molecule has 0 bridgehead atoms. The molecule has 0 radical (unpaired) electrons. The highest BCUT2D eigenvalue weighted by Crippen LogP contribution is 2.24. The zero-order valence-corrected chi connectivity index (χ0v) is 7.50. The molecule has 12 heavy (non-hydrogen) atoms. The molecule has 0 aromatic carbocycles. The molecule has 0 saturated carbocycles. The van der Waals surface area contributed by atoms with Crippen molar-refractivity contribution in [1.29, 1.82) is 0 Å². The summed E-state index contributed by atoms with van der Waals surface area (Å²) in [6.07, 6.45) is 1.62. The van der Waals surface area contributed by atoms with Gasteiger partial charge >= 0.3 is 6.03 Å². The van der Waals surface area contributed by atoms with Gasteiger partial charge in [0, 0.05) is 25.7 Å². The van der Waals surface area contributed by atoms with Crippen LogP contribution in [0.3, 0.4) is 0 Å². The molecule has 0 saturated heterocycles. The summed E-state index contributed by atoms with van der Waals surface area (Å²) in [5, 5.41) is 11.6.